The van der Waals surface area contributed by atoms with E-state index in [1.54, 1.807) is 4.90 Å². The second kappa shape index (κ2) is 8.38. The molecule has 7 nitrogen and oxygen atoms in total. The minimum atomic E-state index is -0.315. The first-order chi connectivity index (χ1) is 11.1. The lowest BCUT2D eigenvalue weighted by molar-refractivity contribution is -0.117. The lowest BCUT2D eigenvalue weighted by Gasteiger charge is -2.18. The molecule has 0 bridgehead atoms. The first kappa shape index (κ1) is 17.1. The van der Waals surface area contributed by atoms with E-state index < -0.39 is 0 Å². The number of rotatable bonds is 7. The van der Waals surface area contributed by atoms with Crippen LogP contribution in [0.4, 0.5) is 10.5 Å². The fourth-order valence-corrected chi connectivity index (χ4v) is 2.46. The zero-order chi connectivity index (χ0) is 16.7. The molecule has 0 saturated carbocycles. The maximum absolute atomic E-state index is 12.1. The van der Waals surface area contributed by atoms with Gasteiger partial charge in [-0.3, -0.25) is 4.79 Å². The second-order valence-electron chi connectivity index (χ2n) is 5.31. The Balaban J connectivity index is 1.88. The Kier molecular flexibility index (Phi) is 6.22. The van der Waals surface area contributed by atoms with Gasteiger partial charge in [0.1, 0.15) is 5.75 Å². The zero-order valence-corrected chi connectivity index (χ0v) is 13.2. The maximum atomic E-state index is 12.1. The molecule has 0 aliphatic carbocycles. The minimum Gasteiger partial charge on any atom is -0.494 e. The SMILES string of the molecule is CCOc1ccc(N2C[C@H](NC(=O)NCCCO)CC2=O)cc1. The van der Waals surface area contributed by atoms with Crippen molar-refractivity contribution < 1.29 is 19.4 Å². The molecular formula is C16H23N3O4. The van der Waals surface area contributed by atoms with Crippen molar-refractivity contribution in [2.24, 2.45) is 0 Å². The fourth-order valence-electron chi connectivity index (χ4n) is 2.46. The van der Waals surface area contributed by atoms with E-state index in [0.717, 1.165) is 11.4 Å². The molecular weight excluding hydrogens is 298 g/mol. The summed E-state index contributed by atoms with van der Waals surface area (Å²) in [6.45, 7) is 3.40. The van der Waals surface area contributed by atoms with Crippen molar-refractivity contribution in [1.29, 1.82) is 0 Å². The van der Waals surface area contributed by atoms with Gasteiger partial charge in [-0.25, -0.2) is 4.79 Å². The van der Waals surface area contributed by atoms with E-state index in [2.05, 4.69) is 10.6 Å². The third kappa shape index (κ3) is 4.85. The van der Waals surface area contributed by atoms with Crippen molar-refractivity contribution >= 4 is 17.6 Å². The number of hydrogen-bond acceptors (Lipinski definition) is 4. The molecule has 0 aromatic heterocycles. The topological polar surface area (TPSA) is 90.9 Å². The molecule has 7 heteroatoms. The van der Waals surface area contributed by atoms with E-state index in [0.29, 0.717) is 26.1 Å². The third-order valence-electron chi connectivity index (χ3n) is 3.54. The van der Waals surface area contributed by atoms with Crippen LogP contribution in [-0.2, 0) is 4.79 Å². The highest BCUT2D eigenvalue weighted by Gasteiger charge is 2.31. The smallest absolute Gasteiger partial charge is 0.315 e. The summed E-state index contributed by atoms with van der Waals surface area (Å²) in [6.07, 6.45) is 0.788. The van der Waals surface area contributed by atoms with E-state index in [9.17, 15) is 9.59 Å². The highest BCUT2D eigenvalue weighted by atomic mass is 16.5. The van der Waals surface area contributed by atoms with Gasteiger partial charge < -0.3 is 25.4 Å². The number of carbonyl (C=O) groups is 2. The number of benzene rings is 1. The molecule has 1 fully saturated rings. The summed E-state index contributed by atoms with van der Waals surface area (Å²) in [5, 5.41) is 14.1. The molecule has 1 saturated heterocycles. The number of anilines is 1. The van der Waals surface area contributed by atoms with Crippen LogP contribution in [0, 0.1) is 0 Å². The third-order valence-corrected chi connectivity index (χ3v) is 3.54. The van der Waals surface area contributed by atoms with E-state index in [1.807, 2.05) is 31.2 Å². The first-order valence-corrected chi connectivity index (χ1v) is 7.82. The summed E-state index contributed by atoms with van der Waals surface area (Å²) in [7, 11) is 0. The highest BCUT2D eigenvalue weighted by Crippen LogP contribution is 2.24. The monoisotopic (exact) mass is 321 g/mol. The van der Waals surface area contributed by atoms with Gasteiger partial charge in [-0.2, -0.15) is 0 Å². The van der Waals surface area contributed by atoms with Gasteiger partial charge in [0.25, 0.3) is 0 Å². The van der Waals surface area contributed by atoms with Crippen LogP contribution in [-0.4, -0.2) is 49.4 Å². The van der Waals surface area contributed by atoms with Crippen LogP contribution >= 0.6 is 0 Å². The summed E-state index contributed by atoms with van der Waals surface area (Å²) in [5.41, 5.74) is 0.795. The summed E-state index contributed by atoms with van der Waals surface area (Å²) in [4.78, 5) is 25.5. The van der Waals surface area contributed by atoms with Crippen molar-refractivity contribution in [2.75, 3.05) is 31.2 Å². The van der Waals surface area contributed by atoms with Crippen LogP contribution in [0.5, 0.6) is 5.75 Å². The standard InChI is InChI=1S/C16H23N3O4/c1-2-23-14-6-4-13(5-7-14)19-11-12(10-15(19)21)18-16(22)17-8-3-9-20/h4-7,12,20H,2-3,8-11H2,1H3,(H2,17,18,22)/t12-/m1/s1. The molecule has 3 N–H and O–H groups in total. The molecule has 0 radical (unpaired) electrons. The largest absolute Gasteiger partial charge is 0.494 e. The molecule has 1 aliphatic heterocycles. The molecule has 1 aliphatic rings. The average Bonchev–Trinajstić information content (AvgIpc) is 2.89. The first-order valence-electron chi connectivity index (χ1n) is 7.82. The van der Waals surface area contributed by atoms with Crippen molar-refractivity contribution in [3.8, 4) is 5.75 Å². The molecule has 2 rings (SSSR count). The Labute approximate surface area is 135 Å². The molecule has 1 heterocycles. The minimum absolute atomic E-state index is 0.0187. The van der Waals surface area contributed by atoms with E-state index in [1.165, 1.54) is 0 Å². The van der Waals surface area contributed by atoms with Gasteiger partial charge in [0, 0.05) is 31.8 Å². The van der Waals surface area contributed by atoms with Crippen molar-refractivity contribution in [3.05, 3.63) is 24.3 Å². The summed E-state index contributed by atoms with van der Waals surface area (Å²) >= 11 is 0. The van der Waals surface area contributed by atoms with Gasteiger partial charge in [0.05, 0.1) is 12.6 Å². The second-order valence-corrected chi connectivity index (χ2v) is 5.31. The van der Waals surface area contributed by atoms with E-state index >= 15 is 0 Å². The van der Waals surface area contributed by atoms with Crippen molar-refractivity contribution in [1.82, 2.24) is 10.6 Å². The predicted molar refractivity (Wildman–Crippen MR) is 86.6 cm³/mol. The molecule has 3 amide bonds. The van der Waals surface area contributed by atoms with Gasteiger partial charge in [0.15, 0.2) is 0 Å². The van der Waals surface area contributed by atoms with E-state index in [-0.39, 0.29) is 31.0 Å². The van der Waals surface area contributed by atoms with Crippen LogP contribution in [0.15, 0.2) is 24.3 Å². The molecule has 1 atom stereocenters. The predicted octanol–water partition coefficient (Wildman–Crippen LogP) is 0.872. The number of ether oxygens (including phenoxy) is 1. The van der Waals surface area contributed by atoms with Crippen molar-refractivity contribution in [2.45, 2.75) is 25.8 Å². The lowest BCUT2D eigenvalue weighted by atomic mass is 10.2. The molecule has 1 aromatic carbocycles. The van der Waals surface area contributed by atoms with Crippen LogP contribution in [0.2, 0.25) is 0 Å². The van der Waals surface area contributed by atoms with Crippen molar-refractivity contribution in [3.63, 3.8) is 0 Å². The fraction of sp³-hybridized carbons (Fsp3) is 0.500. The Morgan fingerprint density at radius 1 is 1.39 bits per heavy atom. The molecule has 0 spiro atoms. The molecule has 126 valence electrons. The Bertz CT molecular complexity index is 533. The van der Waals surface area contributed by atoms with Gasteiger partial charge in [0.2, 0.25) is 5.91 Å². The zero-order valence-electron chi connectivity index (χ0n) is 13.2. The Morgan fingerprint density at radius 3 is 2.78 bits per heavy atom. The van der Waals surface area contributed by atoms with Gasteiger partial charge >= 0.3 is 6.03 Å². The van der Waals surface area contributed by atoms with Gasteiger partial charge in [-0.15, -0.1) is 0 Å². The number of aliphatic hydroxyl groups excluding tert-OH is 1. The number of amides is 3. The van der Waals surface area contributed by atoms with Crippen LogP contribution < -0.4 is 20.3 Å². The van der Waals surface area contributed by atoms with Gasteiger partial charge in [-0.05, 0) is 37.6 Å². The van der Waals surface area contributed by atoms with Crippen LogP contribution in [0.3, 0.4) is 0 Å². The Morgan fingerprint density at radius 2 is 2.13 bits per heavy atom. The number of aliphatic hydroxyl groups is 1. The quantitative estimate of drug-likeness (QED) is 0.650. The Hall–Kier alpha value is -2.28. The lowest BCUT2D eigenvalue weighted by Crippen LogP contribution is -2.43. The molecule has 23 heavy (non-hydrogen) atoms. The molecule has 0 unspecified atom stereocenters. The number of carbonyl (C=O) groups excluding carboxylic acids is 2. The number of nitrogens with zero attached hydrogens (tertiary/aromatic N) is 1. The summed E-state index contributed by atoms with van der Waals surface area (Å²) < 4.78 is 5.38. The molecule has 1 aromatic rings. The normalized spacial score (nSPS) is 17.2. The van der Waals surface area contributed by atoms with E-state index in [4.69, 9.17) is 9.84 Å². The van der Waals surface area contributed by atoms with Gasteiger partial charge in [-0.1, -0.05) is 0 Å². The van der Waals surface area contributed by atoms with Crippen LogP contribution in [0.1, 0.15) is 19.8 Å². The number of nitrogens with one attached hydrogen (secondary N) is 2. The average molecular weight is 321 g/mol. The van der Waals surface area contributed by atoms with Crippen LogP contribution in [0.25, 0.3) is 0 Å². The highest BCUT2D eigenvalue weighted by molar-refractivity contribution is 5.96. The number of hydrogen-bond donors (Lipinski definition) is 3. The maximum Gasteiger partial charge on any atom is 0.315 e. The number of urea groups is 1. The summed E-state index contributed by atoms with van der Waals surface area (Å²) in [6, 6.07) is 6.80. The summed E-state index contributed by atoms with van der Waals surface area (Å²) in [5.74, 6) is 0.746.